The number of aromatic amines is 1. The third kappa shape index (κ3) is 2.83. The molecule has 0 bridgehead atoms. The largest absolute Gasteiger partial charge is 0.487 e. The van der Waals surface area contributed by atoms with Crippen molar-refractivity contribution in [3.63, 3.8) is 0 Å². The topological polar surface area (TPSA) is 37.9 Å². The van der Waals surface area contributed by atoms with E-state index in [1.807, 2.05) is 48.5 Å². The Kier molecular flexibility index (Phi) is 3.70. The number of H-pyrrole nitrogens is 1. The highest BCUT2D eigenvalue weighted by Gasteiger charge is 2.06. The molecule has 0 radical (unpaired) electrons. The average Bonchev–Trinajstić information content (AvgIpc) is 3.01. The molecule has 0 unspecified atom stereocenters. The third-order valence-electron chi connectivity index (χ3n) is 2.94. The van der Waals surface area contributed by atoms with E-state index in [1.165, 1.54) is 0 Å². The summed E-state index contributed by atoms with van der Waals surface area (Å²) in [6.45, 7) is 0.501. The number of aromatic nitrogens is 2. The minimum absolute atomic E-state index is 0.501. The van der Waals surface area contributed by atoms with Gasteiger partial charge in [0.2, 0.25) is 0 Å². The molecule has 1 aromatic heterocycles. The zero-order valence-corrected chi connectivity index (χ0v) is 11.5. The first kappa shape index (κ1) is 12.8. The zero-order chi connectivity index (χ0) is 13.8. The summed E-state index contributed by atoms with van der Waals surface area (Å²) in [4.78, 5) is 7.24. The van der Waals surface area contributed by atoms with Gasteiger partial charge < -0.3 is 9.72 Å². The molecule has 1 heterocycles. The first-order valence-corrected chi connectivity index (χ1v) is 6.67. The predicted octanol–water partition coefficient (Wildman–Crippen LogP) is 4.31. The van der Waals surface area contributed by atoms with E-state index in [-0.39, 0.29) is 0 Å². The molecule has 0 saturated heterocycles. The molecule has 3 aromatic rings. The molecule has 0 aliphatic rings. The summed E-state index contributed by atoms with van der Waals surface area (Å²) in [5.41, 5.74) is 2.05. The molecule has 4 heteroatoms. The van der Waals surface area contributed by atoms with Crippen molar-refractivity contribution < 1.29 is 4.74 Å². The molecule has 0 spiro atoms. The van der Waals surface area contributed by atoms with Crippen LogP contribution in [0.2, 0.25) is 5.02 Å². The lowest BCUT2D eigenvalue weighted by atomic mass is 10.2. The van der Waals surface area contributed by atoms with Crippen LogP contribution < -0.4 is 4.74 Å². The standard InChI is InChI=1S/C16H13ClN2O/c17-14-10-13(16-18-8-9-19-16)6-7-15(14)20-11-12-4-2-1-3-5-12/h1-10H,11H2,(H,18,19). The number of benzene rings is 2. The van der Waals surface area contributed by atoms with Gasteiger partial charge in [-0.3, -0.25) is 0 Å². The number of hydrogen-bond donors (Lipinski definition) is 1. The van der Waals surface area contributed by atoms with Gasteiger partial charge in [0.15, 0.2) is 0 Å². The fourth-order valence-electron chi connectivity index (χ4n) is 1.92. The summed E-state index contributed by atoms with van der Waals surface area (Å²) in [5, 5.41) is 0.579. The van der Waals surface area contributed by atoms with Crippen LogP contribution in [0, 0.1) is 0 Å². The molecule has 0 saturated carbocycles. The van der Waals surface area contributed by atoms with Crippen molar-refractivity contribution in [2.45, 2.75) is 6.61 Å². The van der Waals surface area contributed by atoms with E-state index in [0.29, 0.717) is 17.4 Å². The minimum Gasteiger partial charge on any atom is -0.487 e. The Labute approximate surface area is 122 Å². The van der Waals surface area contributed by atoms with E-state index in [2.05, 4.69) is 9.97 Å². The summed E-state index contributed by atoms with van der Waals surface area (Å²) >= 11 is 6.25. The van der Waals surface area contributed by atoms with Crippen molar-refractivity contribution in [1.29, 1.82) is 0 Å². The maximum absolute atomic E-state index is 6.25. The highest BCUT2D eigenvalue weighted by atomic mass is 35.5. The number of ether oxygens (including phenoxy) is 1. The van der Waals surface area contributed by atoms with Crippen LogP contribution in [-0.4, -0.2) is 9.97 Å². The van der Waals surface area contributed by atoms with Gasteiger partial charge >= 0.3 is 0 Å². The Morgan fingerprint density at radius 3 is 2.65 bits per heavy atom. The normalized spacial score (nSPS) is 10.4. The van der Waals surface area contributed by atoms with Crippen LogP contribution in [0.1, 0.15) is 5.56 Å². The molecule has 0 atom stereocenters. The van der Waals surface area contributed by atoms with Crippen LogP contribution in [0.4, 0.5) is 0 Å². The number of nitrogens with one attached hydrogen (secondary N) is 1. The summed E-state index contributed by atoms with van der Waals surface area (Å²) < 4.78 is 5.73. The fraction of sp³-hybridized carbons (Fsp3) is 0.0625. The Hall–Kier alpha value is -2.26. The van der Waals surface area contributed by atoms with Crippen molar-refractivity contribution >= 4 is 11.6 Å². The molecular weight excluding hydrogens is 272 g/mol. The first-order valence-electron chi connectivity index (χ1n) is 6.29. The van der Waals surface area contributed by atoms with Crippen molar-refractivity contribution in [2.75, 3.05) is 0 Å². The minimum atomic E-state index is 0.501. The van der Waals surface area contributed by atoms with Crippen molar-refractivity contribution in [2.24, 2.45) is 0 Å². The molecule has 3 nitrogen and oxygen atoms in total. The maximum atomic E-state index is 6.25. The second-order valence-corrected chi connectivity index (χ2v) is 4.76. The molecule has 3 rings (SSSR count). The average molecular weight is 285 g/mol. The molecule has 0 aliphatic carbocycles. The summed E-state index contributed by atoms with van der Waals surface area (Å²) in [5.74, 6) is 1.47. The highest BCUT2D eigenvalue weighted by molar-refractivity contribution is 6.32. The van der Waals surface area contributed by atoms with Gasteiger partial charge in [0.25, 0.3) is 0 Å². The van der Waals surface area contributed by atoms with E-state index in [0.717, 1.165) is 17.0 Å². The smallest absolute Gasteiger partial charge is 0.138 e. The zero-order valence-electron chi connectivity index (χ0n) is 10.7. The lowest BCUT2D eigenvalue weighted by molar-refractivity contribution is 0.306. The number of imidazole rings is 1. The van der Waals surface area contributed by atoms with Gasteiger partial charge in [0.1, 0.15) is 18.2 Å². The first-order chi connectivity index (χ1) is 9.83. The molecule has 2 aromatic carbocycles. The molecule has 0 fully saturated rings. The van der Waals surface area contributed by atoms with E-state index in [9.17, 15) is 0 Å². The van der Waals surface area contributed by atoms with Crippen molar-refractivity contribution in [3.05, 3.63) is 71.5 Å². The quantitative estimate of drug-likeness (QED) is 0.775. The third-order valence-corrected chi connectivity index (χ3v) is 3.24. The van der Waals surface area contributed by atoms with E-state index in [4.69, 9.17) is 16.3 Å². The van der Waals surface area contributed by atoms with Crippen LogP contribution >= 0.6 is 11.6 Å². The molecule has 1 N–H and O–H groups in total. The Balaban J connectivity index is 1.75. The van der Waals surface area contributed by atoms with Crippen LogP contribution in [0.3, 0.4) is 0 Å². The molecule has 20 heavy (non-hydrogen) atoms. The maximum Gasteiger partial charge on any atom is 0.138 e. The van der Waals surface area contributed by atoms with Crippen molar-refractivity contribution in [1.82, 2.24) is 9.97 Å². The predicted molar refractivity (Wildman–Crippen MR) is 79.8 cm³/mol. The summed E-state index contributed by atoms with van der Waals surface area (Å²) in [7, 11) is 0. The molecule has 0 amide bonds. The number of rotatable bonds is 4. The van der Waals surface area contributed by atoms with Gasteiger partial charge in [0, 0.05) is 18.0 Å². The van der Waals surface area contributed by atoms with E-state index in [1.54, 1.807) is 12.4 Å². The summed E-state index contributed by atoms with van der Waals surface area (Å²) in [6, 6.07) is 15.6. The van der Waals surface area contributed by atoms with Crippen molar-refractivity contribution in [3.8, 4) is 17.1 Å². The number of nitrogens with zero attached hydrogens (tertiary/aromatic N) is 1. The SMILES string of the molecule is Clc1cc(-c2ncc[nH]2)ccc1OCc1ccccc1. The van der Waals surface area contributed by atoms with Crippen LogP contribution in [0.5, 0.6) is 5.75 Å². The summed E-state index contributed by atoms with van der Waals surface area (Å²) in [6.07, 6.45) is 3.49. The van der Waals surface area contributed by atoms with Gasteiger partial charge in [-0.1, -0.05) is 41.9 Å². The Morgan fingerprint density at radius 2 is 1.95 bits per heavy atom. The monoisotopic (exact) mass is 284 g/mol. The van der Waals surface area contributed by atoms with Gasteiger partial charge in [-0.25, -0.2) is 4.98 Å². The second-order valence-electron chi connectivity index (χ2n) is 4.36. The molecule has 100 valence electrons. The Morgan fingerprint density at radius 1 is 1.10 bits per heavy atom. The van der Waals surface area contributed by atoms with Gasteiger partial charge in [-0.05, 0) is 23.8 Å². The van der Waals surface area contributed by atoms with Gasteiger partial charge in [-0.15, -0.1) is 0 Å². The number of hydrogen-bond acceptors (Lipinski definition) is 2. The van der Waals surface area contributed by atoms with Gasteiger partial charge in [0.05, 0.1) is 5.02 Å². The van der Waals surface area contributed by atoms with Gasteiger partial charge in [-0.2, -0.15) is 0 Å². The molecular formula is C16H13ClN2O. The second kappa shape index (κ2) is 5.80. The molecule has 0 aliphatic heterocycles. The number of halogens is 1. The Bertz CT molecular complexity index is 681. The lowest BCUT2D eigenvalue weighted by Crippen LogP contribution is -1.95. The van der Waals surface area contributed by atoms with Crippen LogP contribution in [0.15, 0.2) is 60.9 Å². The lowest BCUT2D eigenvalue weighted by Gasteiger charge is -2.09. The van der Waals surface area contributed by atoms with E-state index >= 15 is 0 Å². The fourth-order valence-corrected chi connectivity index (χ4v) is 2.16. The van der Waals surface area contributed by atoms with Crippen LogP contribution in [0.25, 0.3) is 11.4 Å². The van der Waals surface area contributed by atoms with Crippen LogP contribution in [-0.2, 0) is 6.61 Å². The highest BCUT2D eigenvalue weighted by Crippen LogP contribution is 2.29. The van der Waals surface area contributed by atoms with E-state index < -0.39 is 0 Å².